The van der Waals surface area contributed by atoms with Gasteiger partial charge in [-0.05, 0) is 59.7 Å². The SMILES string of the molecule is COc1ccc(Cn2nnc(-c3ccc(OCc4ccc(C)cc4)cc3)n2)cc1. The van der Waals surface area contributed by atoms with E-state index in [0.29, 0.717) is 19.0 Å². The molecule has 0 aliphatic heterocycles. The molecule has 0 bridgehead atoms. The van der Waals surface area contributed by atoms with E-state index in [2.05, 4.69) is 46.6 Å². The summed E-state index contributed by atoms with van der Waals surface area (Å²) in [7, 11) is 1.65. The van der Waals surface area contributed by atoms with Crippen molar-refractivity contribution < 1.29 is 9.47 Å². The normalized spacial score (nSPS) is 10.7. The number of methoxy groups -OCH3 is 1. The fourth-order valence-electron chi connectivity index (χ4n) is 2.87. The van der Waals surface area contributed by atoms with Crippen molar-refractivity contribution in [3.8, 4) is 22.9 Å². The van der Waals surface area contributed by atoms with Crippen molar-refractivity contribution in [2.75, 3.05) is 7.11 Å². The molecule has 4 aromatic rings. The number of aryl methyl sites for hydroxylation is 1. The molecule has 0 spiro atoms. The van der Waals surface area contributed by atoms with Gasteiger partial charge in [0, 0.05) is 5.56 Å². The number of nitrogens with zero attached hydrogens (tertiary/aromatic N) is 4. The van der Waals surface area contributed by atoms with Crippen molar-refractivity contribution in [1.82, 2.24) is 20.2 Å². The molecule has 0 aliphatic carbocycles. The third-order valence-corrected chi connectivity index (χ3v) is 4.57. The predicted molar refractivity (Wildman–Crippen MR) is 111 cm³/mol. The maximum absolute atomic E-state index is 5.85. The lowest BCUT2D eigenvalue weighted by Crippen LogP contribution is -2.04. The molecule has 0 fully saturated rings. The number of benzene rings is 3. The second-order valence-electron chi connectivity index (χ2n) is 6.79. The zero-order chi connectivity index (χ0) is 20.1. The van der Waals surface area contributed by atoms with E-state index in [4.69, 9.17) is 9.47 Å². The standard InChI is InChI=1S/C23H22N4O2/c1-17-3-5-19(6-4-17)16-29-22-13-9-20(10-14-22)23-24-26-27(25-23)15-18-7-11-21(28-2)12-8-18/h3-14H,15-16H2,1-2H3. The summed E-state index contributed by atoms with van der Waals surface area (Å²) >= 11 is 0. The summed E-state index contributed by atoms with van der Waals surface area (Å²) in [5, 5.41) is 12.8. The molecule has 3 aromatic carbocycles. The Morgan fingerprint density at radius 1 is 0.793 bits per heavy atom. The highest BCUT2D eigenvalue weighted by molar-refractivity contribution is 5.55. The third kappa shape index (κ3) is 4.79. The topological polar surface area (TPSA) is 62.1 Å². The predicted octanol–water partition coefficient (Wildman–Crippen LogP) is 4.28. The smallest absolute Gasteiger partial charge is 0.204 e. The van der Waals surface area contributed by atoms with Gasteiger partial charge in [-0.2, -0.15) is 4.80 Å². The van der Waals surface area contributed by atoms with Crippen LogP contribution >= 0.6 is 0 Å². The average Bonchev–Trinajstić information content (AvgIpc) is 3.23. The maximum Gasteiger partial charge on any atom is 0.204 e. The van der Waals surface area contributed by atoms with E-state index in [1.165, 1.54) is 5.56 Å². The molecule has 0 amide bonds. The third-order valence-electron chi connectivity index (χ3n) is 4.57. The van der Waals surface area contributed by atoms with Gasteiger partial charge in [0.05, 0.1) is 13.7 Å². The number of aromatic nitrogens is 4. The molecule has 0 N–H and O–H groups in total. The Balaban J connectivity index is 1.38. The number of ether oxygens (including phenoxy) is 2. The second-order valence-corrected chi connectivity index (χ2v) is 6.79. The van der Waals surface area contributed by atoms with Crippen LogP contribution in [0, 0.1) is 6.92 Å². The fourth-order valence-corrected chi connectivity index (χ4v) is 2.87. The minimum Gasteiger partial charge on any atom is -0.497 e. The lowest BCUT2D eigenvalue weighted by molar-refractivity contribution is 0.306. The van der Waals surface area contributed by atoms with E-state index in [1.807, 2.05) is 48.5 Å². The molecule has 0 atom stereocenters. The van der Waals surface area contributed by atoms with E-state index < -0.39 is 0 Å². The molecule has 4 rings (SSSR count). The van der Waals surface area contributed by atoms with Crippen LogP contribution in [0.15, 0.2) is 72.8 Å². The summed E-state index contributed by atoms with van der Waals surface area (Å²) in [5.74, 6) is 2.22. The maximum atomic E-state index is 5.85. The minimum atomic E-state index is 0.538. The molecule has 0 saturated carbocycles. The average molecular weight is 386 g/mol. The number of hydrogen-bond acceptors (Lipinski definition) is 5. The van der Waals surface area contributed by atoms with Crippen molar-refractivity contribution in [2.24, 2.45) is 0 Å². The van der Waals surface area contributed by atoms with Crippen molar-refractivity contribution in [3.05, 3.63) is 89.5 Å². The van der Waals surface area contributed by atoms with Crippen LogP contribution in [0.2, 0.25) is 0 Å². The van der Waals surface area contributed by atoms with Gasteiger partial charge in [-0.3, -0.25) is 0 Å². The van der Waals surface area contributed by atoms with Crippen molar-refractivity contribution in [1.29, 1.82) is 0 Å². The van der Waals surface area contributed by atoms with Crippen LogP contribution in [-0.2, 0) is 13.2 Å². The Labute approximate surface area is 169 Å². The molecule has 0 radical (unpaired) electrons. The first-order chi connectivity index (χ1) is 14.2. The van der Waals surface area contributed by atoms with Crippen LogP contribution in [-0.4, -0.2) is 27.3 Å². The van der Waals surface area contributed by atoms with Gasteiger partial charge in [0.25, 0.3) is 0 Å². The fraction of sp³-hybridized carbons (Fsp3) is 0.174. The second kappa shape index (κ2) is 8.56. The van der Waals surface area contributed by atoms with E-state index in [1.54, 1.807) is 11.9 Å². The van der Waals surface area contributed by atoms with E-state index in [9.17, 15) is 0 Å². The first-order valence-corrected chi connectivity index (χ1v) is 9.39. The number of hydrogen-bond donors (Lipinski definition) is 0. The van der Waals surface area contributed by atoms with Gasteiger partial charge < -0.3 is 9.47 Å². The van der Waals surface area contributed by atoms with Crippen LogP contribution in [0.25, 0.3) is 11.4 Å². The first-order valence-electron chi connectivity index (χ1n) is 9.39. The summed E-state index contributed by atoms with van der Waals surface area (Å²) in [4.78, 5) is 1.58. The van der Waals surface area contributed by atoms with Gasteiger partial charge in [0.2, 0.25) is 5.82 Å². The largest absolute Gasteiger partial charge is 0.497 e. The highest BCUT2D eigenvalue weighted by Gasteiger charge is 2.07. The molecule has 6 heteroatoms. The van der Waals surface area contributed by atoms with Crippen LogP contribution in [0.4, 0.5) is 0 Å². The molecule has 1 heterocycles. The van der Waals surface area contributed by atoms with Crippen LogP contribution < -0.4 is 9.47 Å². The molecule has 146 valence electrons. The van der Waals surface area contributed by atoms with E-state index in [-0.39, 0.29) is 0 Å². The van der Waals surface area contributed by atoms with Gasteiger partial charge in [0.1, 0.15) is 18.1 Å². The lowest BCUT2D eigenvalue weighted by Gasteiger charge is -2.07. The highest BCUT2D eigenvalue weighted by atomic mass is 16.5. The summed E-state index contributed by atoms with van der Waals surface area (Å²) in [6.45, 7) is 3.16. The number of tetrazole rings is 1. The molecular formula is C23H22N4O2. The van der Waals surface area contributed by atoms with Crippen molar-refractivity contribution >= 4 is 0 Å². The Morgan fingerprint density at radius 3 is 2.14 bits per heavy atom. The Hall–Kier alpha value is -3.67. The summed E-state index contributed by atoms with van der Waals surface area (Å²) in [6.07, 6.45) is 0. The van der Waals surface area contributed by atoms with Crippen LogP contribution in [0.1, 0.15) is 16.7 Å². The van der Waals surface area contributed by atoms with Crippen LogP contribution in [0.3, 0.4) is 0 Å². The van der Waals surface area contributed by atoms with Gasteiger partial charge in [-0.1, -0.05) is 42.0 Å². The van der Waals surface area contributed by atoms with Gasteiger partial charge >= 0.3 is 0 Å². The molecule has 6 nitrogen and oxygen atoms in total. The first kappa shape index (κ1) is 18.7. The summed E-state index contributed by atoms with van der Waals surface area (Å²) in [6, 6.07) is 23.9. The Kier molecular flexibility index (Phi) is 5.52. The number of rotatable bonds is 7. The van der Waals surface area contributed by atoms with E-state index in [0.717, 1.165) is 28.2 Å². The van der Waals surface area contributed by atoms with Gasteiger partial charge in [-0.25, -0.2) is 0 Å². The quantitative estimate of drug-likeness (QED) is 0.474. The van der Waals surface area contributed by atoms with Crippen LogP contribution in [0.5, 0.6) is 11.5 Å². The minimum absolute atomic E-state index is 0.538. The van der Waals surface area contributed by atoms with Crippen molar-refractivity contribution in [2.45, 2.75) is 20.1 Å². The molecule has 0 saturated heterocycles. The summed E-state index contributed by atoms with van der Waals surface area (Å²) in [5.41, 5.74) is 4.36. The molecule has 29 heavy (non-hydrogen) atoms. The Morgan fingerprint density at radius 2 is 1.45 bits per heavy atom. The molecule has 0 aliphatic rings. The zero-order valence-corrected chi connectivity index (χ0v) is 16.4. The monoisotopic (exact) mass is 386 g/mol. The zero-order valence-electron chi connectivity index (χ0n) is 16.4. The highest BCUT2D eigenvalue weighted by Crippen LogP contribution is 2.20. The molecule has 1 aromatic heterocycles. The van der Waals surface area contributed by atoms with E-state index >= 15 is 0 Å². The molecule has 0 unspecified atom stereocenters. The summed E-state index contributed by atoms with van der Waals surface area (Å²) < 4.78 is 11.0. The van der Waals surface area contributed by atoms with Gasteiger partial charge in [-0.15, -0.1) is 10.2 Å². The van der Waals surface area contributed by atoms with Gasteiger partial charge in [0.15, 0.2) is 0 Å². The lowest BCUT2D eigenvalue weighted by atomic mass is 10.2. The van der Waals surface area contributed by atoms with Crippen molar-refractivity contribution in [3.63, 3.8) is 0 Å². The Bertz CT molecular complexity index is 1060. The molecular weight excluding hydrogens is 364 g/mol.